The van der Waals surface area contributed by atoms with E-state index in [0.29, 0.717) is 31.1 Å². The van der Waals surface area contributed by atoms with Crippen LogP contribution >= 0.6 is 11.3 Å². The van der Waals surface area contributed by atoms with Gasteiger partial charge in [-0.15, -0.1) is 0 Å². The summed E-state index contributed by atoms with van der Waals surface area (Å²) < 4.78 is 1.70. The van der Waals surface area contributed by atoms with E-state index in [1.165, 1.54) is 24.2 Å². The first-order valence-corrected chi connectivity index (χ1v) is 8.59. The number of nitrogens with zero attached hydrogens (tertiary/aromatic N) is 2. The maximum Gasteiger partial charge on any atom is 0.307 e. The van der Waals surface area contributed by atoms with Gasteiger partial charge in [-0.25, -0.2) is 0 Å². The van der Waals surface area contributed by atoms with Crippen LogP contribution in [0.15, 0.2) is 10.2 Å². The number of hydrogen-bond acceptors (Lipinski definition) is 4. The van der Waals surface area contributed by atoms with Crippen molar-refractivity contribution in [2.45, 2.75) is 63.7 Å². The molecule has 2 aliphatic heterocycles. The number of carbonyl (C=O) groups is 1. The summed E-state index contributed by atoms with van der Waals surface area (Å²) in [5.74, 6) is 0.152. The van der Waals surface area contributed by atoms with Gasteiger partial charge in [0.2, 0.25) is 5.91 Å². The van der Waals surface area contributed by atoms with E-state index in [4.69, 9.17) is 0 Å². The van der Waals surface area contributed by atoms with Gasteiger partial charge in [0, 0.05) is 49.2 Å². The molecule has 1 N–H and O–H groups in total. The number of rotatable bonds is 4. The van der Waals surface area contributed by atoms with E-state index >= 15 is 0 Å². The highest BCUT2D eigenvalue weighted by atomic mass is 32.1. The number of hydrogen-bond donors (Lipinski definition) is 1. The number of fused-ring (bicyclic) bond motifs is 2. The fourth-order valence-corrected chi connectivity index (χ4v) is 4.37. The Hall–Kier alpha value is -1.14. The summed E-state index contributed by atoms with van der Waals surface area (Å²) in [4.78, 5) is 26.0. The van der Waals surface area contributed by atoms with Gasteiger partial charge in [0.15, 0.2) is 0 Å². The molecule has 0 aliphatic carbocycles. The number of amides is 1. The van der Waals surface area contributed by atoms with E-state index in [-0.39, 0.29) is 10.8 Å². The zero-order valence-electron chi connectivity index (χ0n) is 12.7. The molecule has 2 atom stereocenters. The first-order valence-electron chi connectivity index (χ1n) is 7.71. The van der Waals surface area contributed by atoms with Crippen LogP contribution in [-0.2, 0) is 11.3 Å². The van der Waals surface area contributed by atoms with E-state index in [1.807, 2.05) is 24.3 Å². The molecule has 0 saturated carbocycles. The second-order valence-corrected chi connectivity index (χ2v) is 7.13. The molecule has 1 aromatic rings. The van der Waals surface area contributed by atoms with Crippen LogP contribution in [0.2, 0.25) is 0 Å². The number of aryl methyl sites for hydroxylation is 1. The Kier molecular flexibility index (Phi) is 4.17. The van der Waals surface area contributed by atoms with Gasteiger partial charge in [-0.05, 0) is 32.6 Å². The SMILES string of the molecule is Cc1csc(=O)n1CCC(=O)N(C)C1CC2CCC(C1)N2. The fraction of sp³-hybridized carbons (Fsp3) is 0.733. The Bertz CT molecular complexity index is 568. The third-order valence-corrected chi connectivity index (χ3v) is 5.80. The summed E-state index contributed by atoms with van der Waals surface area (Å²) in [6.45, 7) is 2.41. The Balaban J connectivity index is 1.56. The third kappa shape index (κ3) is 3.06. The lowest BCUT2D eigenvalue weighted by Crippen LogP contribution is -2.48. The second kappa shape index (κ2) is 5.93. The molecule has 0 radical (unpaired) electrons. The Morgan fingerprint density at radius 3 is 2.67 bits per heavy atom. The van der Waals surface area contributed by atoms with E-state index in [1.54, 1.807) is 4.57 Å². The number of aromatic nitrogens is 1. The monoisotopic (exact) mass is 309 g/mol. The first-order chi connectivity index (χ1) is 10.0. The second-order valence-electron chi connectivity index (χ2n) is 6.31. The van der Waals surface area contributed by atoms with Gasteiger partial charge < -0.3 is 14.8 Å². The summed E-state index contributed by atoms with van der Waals surface area (Å²) in [7, 11) is 1.92. The van der Waals surface area contributed by atoms with Gasteiger partial charge in [-0.3, -0.25) is 9.59 Å². The van der Waals surface area contributed by atoms with Crippen LogP contribution in [0, 0.1) is 6.92 Å². The van der Waals surface area contributed by atoms with Crippen molar-refractivity contribution in [3.8, 4) is 0 Å². The predicted octanol–water partition coefficient (Wildman–Crippen LogP) is 1.35. The van der Waals surface area contributed by atoms with Gasteiger partial charge in [0.25, 0.3) is 0 Å². The Morgan fingerprint density at radius 1 is 1.43 bits per heavy atom. The standard InChI is InChI=1S/C15H23N3O2S/c1-10-9-21-15(20)18(10)6-5-14(19)17(2)13-7-11-3-4-12(8-13)16-11/h9,11-13,16H,3-8H2,1-2H3. The number of carbonyl (C=O) groups excluding carboxylic acids is 1. The quantitative estimate of drug-likeness (QED) is 0.913. The molecule has 21 heavy (non-hydrogen) atoms. The van der Waals surface area contributed by atoms with Crippen LogP contribution in [0.5, 0.6) is 0 Å². The average molecular weight is 309 g/mol. The molecule has 1 amide bonds. The molecule has 1 aromatic heterocycles. The maximum absolute atomic E-state index is 12.4. The minimum atomic E-state index is 0.0304. The Labute approximate surface area is 129 Å². The highest BCUT2D eigenvalue weighted by Crippen LogP contribution is 2.29. The minimum absolute atomic E-state index is 0.0304. The maximum atomic E-state index is 12.4. The van der Waals surface area contributed by atoms with Crippen molar-refractivity contribution < 1.29 is 4.79 Å². The van der Waals surface area contributed by atoms with Crippen molar-refractivity contribution in [2.24, 2.45) is 0 Å². The Morgan fingerprint density at radius 2 is 2.10 bits per heavy atom. The van der Waals surface area contributed by atoms with Gasteiger partial charge in [0.05, 0.1) is 0 Å². The normalized spacial score (nSPS) is 27.8. The van der Waals surface area contributed by atoms with Crippen LogP contribution < -0.4 is 10.2 Å². The molecule has 0 spiro atoms. The van der Waals surface area contributed by atoms with Gasteiger partial charge >= 0.3 is 4.87 Å². The zero-order chi connectivity index (χ0) is 15.0. The molecule has 2 saturated heterocycles. The molecule has 2 fully saturated rings. The fourth-order valence-electron chi connectivity index (χ4n) is 3.61. The van der Waals surface area contributed by atoms with Crippen LogP contribution in [0.1, 0.15) is 37.8 Å². The molecular weight excluding hydrogens is 286 g/mol. The molecule has 0 aromatic carbocycles. The largest absolute Gasteiger partial charge is 0.343 e. The molecule has 2 bridgehead atoms. The van der Waals surface area contributed by atoms with Crippen molar-refractivity contribution in [2.75, 3.05) is 7.05 Å². The molecular formula is C15H23N3O2S. The van der Waals surface area contributed by atoms with Gasteiger partial charge in [0.1, 0.15) is 0 Å². The third-order valence-electron chi connectivity index (χ3n) is 4.92. The zero-order valence-corrected chi connectivity index (χ0v) is 13.5. The molecule has 3 heterocycles. The van der Waals surface area contributed by atoms with Crippen molar-refractivity contribution in [3.05, 3.63) is 20.7 Å². The van der Waals surface area contributed by atoms with E-state index in [2.05, 4.69) is 5.32 Å². The van der Waals surface area contributed by atoms with E-state index in [0.717, 1.165) is 18.5 Å². The number of nitrogens with one attached hydrogen (secondary N) is 1. The summed E-state index contributed by atoms with van der Waals surface area (Å²) in [6, 6.07) is 1.54. The number of thiazole rings is 1. The summed E-state index contributed by atoms with van der Waals surface area (Å²) >= 11 is 1.20. The van der Waals surface area contributed by atoms with Crippen molar-refractivity contribution >= 4 is 17.2 Å². The molecule has 6 heteroatoms. The lowest BCUT2D eigenvalue weighted by Gasteiger charge is -2.35. The predicted molar refractivity (Wildman–Crippen MR) is 83.7 cm³/mol. The van der Waals surface area contributed by atoms with E-state index < -0.39 is 0 Å². The first kappa shape index (κ1) is 14.8. The highest BCUT2D eigenvalue weighted by molar-refractivity contribution is 7.07. The molecule has 2 unspecified atom stereocenters. The lowest BCUT2D eigenvalue weighted by atomic mass is 9.98. The van der Waals surface area contributed by atoms with Crippen molar-refractivity contribution in [1.82, 2.24) is 14.8 Å². The molecule has 116 valence electrons. The van der Waals surface area contributed by atoms with Crippen molar-refractivity contribution in [3.63, 3.8) is 0 Å². The van der Waals surface area contributed by atoms with Crippen LogP contribution in [-0.4, -0.2) is 40.5 Å². The van der Waals surface area contributed by atoms with Gasteiger partial charge in [-0.1, -0.05) is 11.3 Å². The minimum Gasteiger partial charge on any atom is -0.343 e. The lowest BCUT2D eigenvalue weighted by molar-refractivity contribution is -0.132. The van der Waals surface area contributed by atoms with Crippen LogP contribution in [0.3, 0.4) is 0 Å². The molecule has 2 aliphatic rings. The summed E-state index contributed by atoms with van der Waals surface area (Å²) in [5, 5.41) is 5.45. The molecule has 3 rings (SSSR count). The smallest absolute Gasteiger partial charge is 0.307 e. The van der Waals surface area contributed by atoms with E-state index in [9.17, 15) is 9.59 Å². The van der Waals surface area contributed by atoms with Crippen LogP contribution in [0.4, 0.5) is 0 Å². The average Bonchev–Trinajstić information content (AvgIpc) is 2.98. The van der Waals surface area contributed by atoms with Crippen LogP contribution in [0.25, 0.3) is 0 Å². The topological polar surface area (TPSA) is 54.3 Å². The van der Waals surface area contributed by atoms with Gasteiger partial charge in [-0.2, -0.15) is 0 Å². The summed E-state index contributed by atoms with van der Waals surface area (Å²) in [5.41, 5.74) is 0.945. The number of piperidine rings is 1. The van der Waals surface area contributed by atoms with Crippen molar-refractivity contribution in [1.29, 1.82) is 0 Å². The summed E-state index contributed by atoms with van der Waals surface area (Å²) in [6.07, 6.45) is 5.03. The highest BCUT2D eigenvalue weighted by Gasteiger charge is 2.36. The molecule has 5 nitrogen and oxygen atoms in total.